The first kappa shape index (κ1) is 15.7. The fourth-order valence-electron chi connectivity index (χ4n) is 3.77. The number of nitrogens with zero attached hydrogens (tertiary/aromatic N) is 1. The first-order valence-corrected chi connectivity index (χ1v) is 12.7. The molecule has 0 fully saturated rings. The van der Waals surface area contributed by atoms with Crippen LogP contribution in [-0.4, -0.2) is 13.1 Å². The zero-order chi connectivity index (χ0) is 17.7. The number of rotatable bonds is 2. The summed E-state index contributed by atoms with van der Waals surface area (Å²) < 4.78 is 2.60. The van der Waals surface area contributed by atoms with Crippen molar-refractivity contribution < 1.29 is 0 Å². The highest BCUT2D eigenvalue weighted by Gasteiger charge is 2.31. The third-order valence-electron chi connectivity index (χ3n) is 5.25. The molecule has 0 aliphatic heterocycles. The number of fused-ring (bicyclic) bond motifs is 3. The van der Waals surface area contributed by atoms with Crippen LogP contribution in [0.2, 0.25) is 13.1 Å². The van der Waals surface area contributed by atoms with Crippen molar-refractivity contribution in [2.24, 2.45) is 0 Å². The SMILES string of the molecule is C[Si](C)(c1nc2cc3ccccc3cc2s1)c1cccc2ccccc12. The van der Waals surface area contributed by atoms with Crippen molar-refractivity contribution >= 4 is 61.0 Å². The van der Waals surface area contributed by atoms with E-state index in [1.54, 1.807) is 0 Å². The Labute approximate surface area is 158 Å². The highest BCUT2D eigenvalue weighted by molar-refractivity contribution is 7.33. The van der Waals surface area contributed by atoms with Crippen LogP contribution in [0.15, 0.2) is 78.9 Å². The van der Waals surface area contributed by atoms with Crippen LogP contribution in [0.4, 0.5) is 0 Å². The molecular weight excluding hydrogens is 350 g/mol. The predicted molar refractivity (Wildman–Crippen MR) is 118 cm³/mol. The summed E-state index contributed by atoms with van der Waals surface area (Å²) >= 11 is 1.87. The lowest BCUT2D eigenvalue weighted by molar-refractivity contribution is 1.53. The first-order valence-electron chi connectivity index (χ1n) is 8.91. The van der Waals surface area contributed by atoms with Crippen LogP contribution < -0.4 is 9.82 Å². The minimum Gasteiger partial charge on any atom is -0.246 e. The summed E-state index contributed by atoms with van der Waals surface area (Å²) in [5.41, 5.74) is 1.13. The van der Waals surface area contributed by atoms with Crippen molar-refractivity contribution in [1.29, 1.82) is 0 Å². The van der Waals surface area contributed by atoms with Gasteiger partial charge in [0, 0.05) is 0 Å². The van der Waals surface area contributed by atoms with Gasteiger partial charge < -0.3 is 0 Å². The van der Waals surface area contributed by atoms with Gasteiger partial charge in [0.15, 0.2) is 0 Å². The quantitative estimate of drug-likeness (QED) is 0.378. The Kier molecular flexibility index (Phi) is 3.49. The summed E-state index contributed by atoms with van der Waals surface area (Å²) in [4.78, 5) is 5.10. The molecule has 0 aliphatic carbocycles. The molecule has 4 aromatic carbocycles. The lowest BCUT2D eigenvalue weighted by Gasteiger charge is -2.22. The molecule has 5 rings (SSSR count). The van der Waals surface area contributed by atoms with Crippen LogP contribution in [0.1, 0.15) is 0 Å². The summed E-state index contributed by atoms with van der Waals surface area (Å²) in [5.74, 6) is 0. The fraction of sp³-hybridized carbons (Fsp3) is 0.0870. The third-order valence-corrected chi connectivity index (χ3v) is 10.9. The second-order valence-corrected chi connectivity index (χ2v) is 13.0. The molecule has 0 bridgehead atoms. The Morgan fingerprint density at radius 3 is 2.19 bits per heavy atom. The van der Waals surface area contributed by atoms with Gasteiger partial charge in [-0.1, -0.05) is 79.8 Å². The normalized spacial score (nSPS) is 12.2. The van der Waals surface area contributed by atoms with E-state index in [0.29, 0.717) is 0 Å². The third kappa shape index (κ3) is 2.39. The Bertz CT molecular complexity index is 1210. The molecule has 3 heteroatoms. The molecule has 0 N–H and O–H groups in total. The van der Waals surface area contributed by atoms with Gasteiger partial charge in [0.25, 0.3) is 0 Å². The van der Waals surface area contributed by atoms with Crippen molar-refractivity contribution in [2.45, 2.75) is 13.1 Å². The maximum atomic E-state index is 5.10. The van der Waals surface area contributed by atoms with Gasteiger partial charge in [0.1, 0.15) is 8.07 Å². The average Bonchev–Trinajstić information content (AvgIpc) is 3.09. The molecule has 0 saturated heterocycles. The average molecular weight is 370 g/mol. The molecule has 1 aromatic heterocycles. The lowest BCUT2D eigenvalue weighted by atomic mass is 10.1. The molecule has 0 atom stereocenters. The van der Waals surface area contributed by atoms with Crippen molar-refractivity contribution in [3.63, 3.8) is 0 Å². The standard InChI is InChI=1S/C23H19NSSi/c1-26(2,22-13-7-11-16-8-5-6-12-19(16)22)23-24-20-14-17-9-3-4-10-18(17)15-21(20)25-23/h3-15H,1-2H3. The van der Waals surface area contributed by atoms with E-state index in [4.69, 9.17) is 4.98 Å². The van der Waals surface area contributed by atoms with Crippen molar-refractivity contribution in [1.82, 2.24) is 4.98 Å². The van der Waals surface area contributed by atoms with E-state index in [0.717, 1.165) is 5.52 Å². The van der Waals surface area contributed by atoms with E-state index >= 15 is 0 Å². The van der Waals surface area contributed by atoms with Gasteiger partial charge in [0.2, 0.25) is 0 Å². The highest BCUT2D eigenvalue weighted by Crippen LogP contribution is 2.26. The van der Waals surface area contributed by atoms with Crippen LogP contribution >= 0.6 is 11.3 Å². The van der Waals surface area contributed by atoms with Crippen LogP contribution in [0.25, 0.3) is 31.8 Å². The largest absolute Gasteiger partial charge is 0.246 e. The van der Waals surface area contributed by atoms with Crippen LogP contribution in [-0.2, 0) is 0 Å². The van der Waals surface area contributed by atoms with Gasteiger partial charge in [-0.3, -0.25) is 0 Å². The molecule has 1 heterocycles. The molecule has 5 aromatic rings. The monoisotopic (exact) mass is 369 g/mol. The van der Waals surface area contributed by atoms with Gasteiger partial charge in [-0.15, -0.1) is 11.3 Å². The topological polar surface area (TPSA) is 12.9 Å². The summed E-state index contributed by atoms with van der Waals surface area (Å²) in [6, 6.07) is 28.5. The summed E-state index contributed by atoms with van der Waals surface area (Å²) in [6.07, 6.45) is 0. The molecule has 126 valence electrons. The van der Waals surface area contributed by atoms with E-state index < -0.39 is 8.07 Å². The molecule has 0 aliphatic rings. The number of hydrogen-bond acceptors (Lipinski definition) is 2. The molecular formula is C23H19NSSi. The minimum absolute atomic E-state index is 1.13. The van der Waals surface area contributed by atoms with Crippen LogP contribution in [0, 0.1) is 0 Å². The predicted octanol–water partition coefficient (Wildman–Crippen LogP) is 5.43. The number of thiazole rings is 1. The second-order valence-electron chi connectivity index (χ2n) is 7.34. The number of hydrogen-bond donors (Lipinski definition) is 0. The van der Waals surface area contributed by atoms with Crippen molar-refractivity contribution in [3.05, 3.63) is 78.9 Å². The zero-order valence-electron chi connectivity index (χ0n) is 14.9. The van der Waals surface area contributed by atoms with E-state index in [2.05, 4.69) is 92.0 Å². The van der Waals surface area contributed by atoms with E-state index in [1.807, 2.05) is 11.3 Å². The molecule has 0 radical (unpaired) electrons. The molecule has 26 heavy (non-hydrogen) atoms. The summed E-state index contributed by atoms with van der Waals surface area (Å²) in [5, 5.41) is 6.72. The Balaban J connectivity index is 1.73. The van der Waals surface area contributed by atoms with Crippen molar-refractivity contribution in [3.8, 4) is 0 Å². The van der Waals surface area contributed by atoms with E-state index in [9.17, 15) is 0 Å². The van der Waals surface area contributed by atoms with Gasteiger partial charge >= 0.3 is 0 Å². The fourth-order valence-corrected chi connectivity index (χ4v) is 8.24. The first-order chi connectivity index (χ1) is 12.6. The lowest BCUT2D eigenvalue weighted by Crippen LogP contribution is -2.53. The maximum absolute atomic E-state index is 5.10. The number of benzene rings is 4. The second kappa shape index (κ2) is 5.76. The minimum atomic E-state index is -1.87. The molecule has 0 spiro atoms. The molecule has 1 nitrogen and oxygen atoms in total. The highest BCUT2D eigenvalue weighted by atomic mass is 32.1. The van der Waals surface area contributed by atoms with E-state index in [-0.39, 0.29) is 0 Å². The summed E-state index contributed by atoms with van der Waals surface area (Å²) in [7, 11) is -1.87. The Morgan fingerprint density at radius 1 is 0.731 bits per heavy atom. The number of aromatic nitrogens is 1. The van der Waals surface area contributed by atoms with Gasteiger partial charge in [-0.2, -0.15) is 0 Å². The van der Waals surface area contributed by atoms with Crippen LogP contribution in [0.3, 0.4) is 0 Å². The Morgan fingerprint density at radius 2 is 1.38 bits per heavy atom. The Hall–Kier alpha value is -2.49. The maximum Gasteiger partial charge on any atom is 0.149 e. The van der Waals surface area contributed by atoms with Gasteiger partial charge in [-0.05, 0) is 38.9 Å². The van der Waals surface area contributed by atoms with Gasteiger partial charge in [0.05, 0.1) is 14.8 Å². The molecule has 0 saturated carbocycles. The van der Waals surface area contributed by atoms with Crippen LogP contribution in [0.5, 0.6) is 0 Å². The zero-order valence-corrected chi connectivity index (χ0v) is 16.7. The smallest absolute Gasteiger partial charge is 0.149 e. The molecule has 0 amide bonds. The molecule has 0 unspecified atom stereocenters. The van der Waals surface area contributed by atoms with E-state index in [1.165, 1.54) is 36.1 Å². The summed E-state index contributed by atoms with van der Waals surface area (Å²) in [6.45, 7) is 4.85. The van der Waals surface area contributed by atoms with Gasteiger partial charge in [-0.25, -0.2) is 4.98 Å². The van der Waals surface area contributed by atoms with Crippen molar-refractivity contribution in [2.75, 3.05) is 0 Å².